The van der Waals surface area contributed by atoms with Gasteiger partial charge in [-0.1, -0.05) is 44.2 Å². The maximum Gasteiger partial charge on any atom is 0.0681 e. The van der Waals surface area contributed by atoms with Crippen LogP contribution in [0.2, 0.25) is 0 Å². The van der Waals surface area contributed by atoms with E-state index in [0.29, 0.717) is 12.0 Å². The van der Waals surface area contributed by atoms with Crippen LogP contribution >= 0.6 is 0 Å². The van der Waals surface area contributed by atoms with E-state index in [1.807, 2.05) is 30.5 Å². The molecule has 0 spiro atoms. The van der Waals surface area contributed by atoms with Crippen molar-refractivity contribution in [1.82, 2.24) is 10.3 Å². The Balaban J connectivity index is 1.90. The van der Waals surface area contributed by atoms with Gasteiger partial charge in [-0.05, 0) is 48.6 Å². The molecule has 22 heavy (non-hydrogen) atoms. The molecule has 2 rings (SSSR count). The molecule has 0 aliphatic carbocycles. The van der Waals surface area contributed by atoms with Crippen LogP contribution in [0.5, 0.6) is 0 Å². The van der Waals surface area contributed by atoms with E-state index >= 15 is 0 Å². The molecule has 0 saturated carbocycles. The number of hydrogen-bond donors (Lipinski definition) is 2. The van der Waals surface area contributed by atoms with Gasteiger partial charge in [0.05, 0.1) is 12.3 Å². The monoisotopic (exact) mass is 298 g/mol. The van der Waals surface area contributed by atoms with Crippen molar-refractivity contribution in [1.29, 1.82) is 0 Å². The Bertz CT molecular complexity index is 537. The highest BCUT2D eigenvalue weighted by atomic mass is 16.3. The normalized spacial score (nSPS) is 12.5. The lowest BCUT2D eigenvalue weighted by atomic mass is 10.00. The average molecular weight is 298 g/mol. The van der Waals surface area contributed by atoms with E-state index in [1.165, 1.54) is 5.56 Å². The summed E-state index contributed by atoms with van der Waals surface area (Å²) in [6.45, 7) is 5.51. The number of benzene rings is 1. The molecule has 1 unspecified atom stereocenters. The van der Waals surface area contributed by atoms with Gasteiger partial charge < -0.3 is 10.4 Å². The number of rotatable bonds is 8. The van der Waals surface area contributed by atoms with Crippen molar-refractivity contribution in [2.24, 2.45) is 5.92 Å². The van der Waals surface area contributed by atoms with Crippen LogP contribution in [0.25, 0.3) is 0 Å². The Morgan fingerprint density at radius 1 is 1.05 bits per heavy atom. The lowest BCUT2D eigenvalue weighted by molar-refractivity contribution is 0.282. The lowest BCUT2D eigenvalue weighted by Crippen LogP contribution is -2.25. The predicted octanol–water partition coefficient (Wildman–Crippen LogP) is 3.49. The summed E-state index contributed by atoms with van der Waals surface area (Å²) in [6, 6.07) is 14.5. The number of hydrogen-bond acceptors (Lipinski definition) is 3. The van der Waals surface area contributed by atoms with Crippen LogP contribution in [0.3, 0.4) is 0 Å². The first-order valence-electron chi connectivity index (χ1n) is 8.02. The van der Waals surface area contributed by atoms with E-state index < -0.39 is 0 Å². The number of nitrogens with zero attached hydrogens (tertiary/aromatic N) is 1. The molecule has 118 valence electrons. The topological polar surface area (TPSA) is 45.1 Å². The van der Waals surface area contributed by atoms with Crippen LogP contribution in [0.4, 0.5) is 0 Å². The number of aliphatic hydroxyl groups is 1. The summed E-state index contributed by atoms with van der Waals surface area (Å²) < 4.78 is 0. The molecule has 0 fully saturated rings. The van der Waals surface area contributed by atoms with E-state index in [4.69, 9.17) is 5.11 Å². The highest BCUT2D eigenvalue weighted by Gasteiger charge is 2.13. The minimum Gasteiger partial charge on any atom is -0.392 e. The summed E-state index contributed by atoms with van der Waals surface area (Å²) >= 11 is 0. The molecule has 2 aromatic rings. The Morgan fingerprint density at radius 3 is 2.36 bits per heavy atom. The summed E-state index contributed by atoms with van der Waals surface area (Å²) in [4.78, 5) is 4.49. The Labute approximate surface area is 133 Å². The fourth-order valence-electron chi connectivity index (χ4n) is 2.56. The van der Waals surface area contributed by atoms with Crippen molar-refractivity contribution in [2.75, 3.05) is 6.54 Å². The van der Waals surface area contributed by atoms with Crippen LogP contribution in [-0.4, -0.2) is 16.6 Å². The third-order valence-electron chi connectivity index (χ3n) is 3.76. The molecule has 2 N–H and O–H groups in total. The van der Waals surface area contributed by atoms with Crippen molar-refractivity contribution in [2.45, 2.75) is 39.3 Å². The smallest absolute Gasteiger partial charge is 0.0681 e. The van der Waals surface area contributed by atoms with Crippen molar-refractivity contribution >= 4 is 0 Å². The number of nitrogens with one attached hydrogen (secondary N) is 1. The zero-order valence-corrected chi connectivity index (χ0v) is 13.5. The molecule has 0 aliphatic heterocycles. The number of aromatic nitrogens is 1. The van der Waals surface area contributed by atoms with Gasteiger partial charge in [0.25, 0.3) is 0 Å². The van der Waals surface area contributed by atoms with Crippen molar-refractivity contribution < 1.29 is 5.11 Å². The summed E-state index contributed by atoms with van der Waals surface area (Å²) in [7, 11) is 0. The van der Waals surface area contributed by atoms with Gasteiger partial charge in [0.1, 0.15) is 0 Å². The maximum absolute atomic E-state index is 9.07. The molecule has 0 radical (unpaired) electrons. The van der Waals surface area contributed by atoms with Crippen LogP contribution in [0.15, 0.2) is 48.7 Å². The summed E-state index contributed by atoms with van der Waals surface area (Å²) in [5.41, 5.74) is 3.36. The molecule has 1 atom stereocenters. The van der Waals surface area contributed by atoms with Gasteiger partial charge in [-0.15, -0.1) is 0 Å². The zero-order valence-electron chi connectivity index (χ0n) is 13.5. The van der Waals surface area contributed by atoms with E-state index in [9.17, 15) is 0 Å². The van der Waals surface area contributed by atoms with Gasteiger partial charge in [-0.2, -0.15) is 0 Å². The highest BCUT2D eigenvalue weighted by Crippen LogP contribution is 2.19. The Kier molecular flexibility index (Phi) is 6.56. The minimum absolute atomic E-state index is 0.106. The van der Waals surface area contributed by atoms with Crippen molar-refractivity contribution in [3.05, 3.63) is 65.5 Å². The molecule has 0 bridgehead atoms. The summed E-state index contributed by atoms with van der Waals surface area (Å²) in [5.74, 6) is 0.628. The van der Waals surface area contributed by atoms with E-state index in [1.54, 1.807) is 0 Å². The highest BCUT2D eigenvalue weighted by molar-refractivity contribution is 5.22. The number of aliphatic hydroxyl groups excluding tert-OH is 1. The fourth-order valence-corrected chi connectivity index (χ4v) is 2.56. The minimum atomic E-state index is 0.106. The molecular formula is C19H26N2O. The molecule has 1 aromatic heterocycles. The molecule has 0 saturated heterocycles. The summed E-state index contributed by atoms with van der Waals surface area (Å²) in [6.07, 6.45) is 3.92. The molecule has 1 heterocycles. The quantitative estimate of drug-likeness (QED) is 0.784. The molecular weight excluding hydrogens is 272 g/mol. The summed E-state index contributed by atoms with van der Waals surface area (Å²) in [5, 5.41) is 12.7. The standard InChI is InChI=1S/C19H26N2O/c1-15(2)13-19(18-5-3-4-11-20-18)21-12-10-16-6-8-17(14-22)9-7-16/h3-9,11,15,19,21-22H,10,12-14H2,1-2H3. The van der Waals surface area contributed by atoms with Gasteiger partial charge in [0.2, 0.25) is 0 Å². The first kappa shape index (κ1) is 16.7. The zero-order chi connectivity index (χ0) is 15.8. The predicted molar refractivity (Wildman–Crippen MR) is 90.5 cm³/mol. The third-order valence-corrected chi connectivity index (χ3v) is 3.76. The SMILES string of the molecule is CC(C)CC(NCCc1ccc(CO)cc1)c1ccccn1. The molecule has 0 aliphatic rings. The molecule has 1 aromatic carbocycles. The van der Waals surface area contributed by atoms with E-state index in [2.05, 4.69) is 42.3 Å². The second-order valence-corrected chi connectivity index (χ2v) is 6.12. The van der Waals surface area contributed by atoms with Crippen LogP contribution < -0.4 is 5.32 Å². The maximum atomic E-state index is 9.07. The molecule has 0 amide bonds. The number of pyridine rings is 1. The van der Waals surface area contributed by atoms with Gasteiger partial charge in [-0.3, -0.25) is 4.98 Å². The third kappa shape index (κ3) is 5.24. The van der Waals surface area contributed by atoms with E-state index in [0.717, 1.165) is 30.6 Å². The first-order chi connectivity index (χ1) is 10.7. The largest absolute Gasteiger partial charge is 0.392 e. The average Bonchev–Trinajstić information content (AvgIpc) is 2.55. The lowest BCUT2D eigenvalue weighted by Gasteiger charge is -2.20. The van der Waals surface area contributed by atoms with Crippen LogP contribution in [0.1, 0.15) is 43.1 Å². The molecule has 3 heteroatoms. The van der Waals surface area contributed by atoms with Gasteiger partial charge in [0.15, 0.2) is 0 Å². The van der Waals surface area contributed by atoms with E-state index in [-0.39, 0.29) is 6.61 Å². The van der Waals surface area contributed by atoms with Crippen molar-refractivity contribution in [3.63, 3.8) is 0 Å². The molecule has 3 nitrogen and oxygen atoms in total. The second kappa shape index (κ2) is 8.66. The Morgan fingerprint density at radius 2 is 1.77 bits per heavy atom. The van der Waals surface area contributed by atoms with Gasteiger partial charge in [0, 0.05) is 12.2 Å². The van der Waals surface area contributed by atoms with Crippen LogP contribution in [0, 0.1) is 5.92 Å². The second-order valence-electron chi connectivity index (χ2n) is 6.12. The van der Waals surface area contributed by atoms with Gasteiger partial charge in [-0.25, -0.2) is 0 Å². The van der Waals surface area contributed by atoms with Gasteiger partial charge >= 0.3 is 0 Å². The fraction of sp³-hybridized carbons (Fsp3) is 0.421. The van der Waals surface area contributed by atoms with Crippen LogP contribution in [-0.2, 0) is 13.0 Å². The first-order valence-corrected chi connectivity index (χ1v) is 8.02. The Hall–Kier alpha value is -1.71. The van der Waals surface area contributed by atoms with Crippen molar-refractivity contribution in [3.8, 4) is 0 Å².